The number of carbonyl (C=O) groups excluding carboxylic acids is 1. The fourth-order valence-corrected chi connectivity index (χ4v) is 4.96. The summed E-state index contributed by atoms with van der Waals surface area (Å²) in [5.41, 5.74) is 12.7. The molecule has 0 amide bonds. The van der Waals surface area contributed by atoms with Crippen LogP contribution in [0.3, 0.4) is 0 Å². The zero-order valence-corrected chi connectivity index (χ0v) is 24.1. The third kappa shape index (κ3) is 6.18. The first-order valence-electron chi connectivity index (χ1n) is 13.3. The van der Waals surface area contributed by atoms with Gasteiger partial charge in [-0.25, -0.2) is 4.98 Å². The molecule has 0 aliphatic carbocycles. The van der Waals surface area contributed by atoms with Gasteiger partial charge in [0.05, 0.1) is 21.4 Å². The van der Waals surface area contributed by atoms with E-state index in [9.17, 15) is 9.59 Å². The number of unbranched alkanes of at least 4 members (excludes halogenated alkanes) is 1. The molecule has 3 rings (SSSR count). The van der Waals surface area contributed by atoms with Gasteiger partial charge >= 0.3 is 0 Å². The van der Waals surface area contributed by atoms with Crippen molar-refractivity contribution >= 4 is 38.8 Å². The van der Waals surface area contributed by atoms with Crippen LogP contribution in [0.15, 0.2) is 57.9 Å². The van der Waals surface area contributed by atoms with Crippen molar-refractivity contribution in [3.05, 3.63) is 86.1 Å². The first-order valence-corrected chi connectivity index (χ1v) is 13.3. The third-order valence-electron chi connectivity index (χ3n) is 6.99. The van der Waals surface area contributed by atoms with Gasteiger partial charge in [0.25, 0.3) is 5.56 Å². The maximum atomic E-state index is 12.4. The molecule has 0 aromatic carbocycles. The van der Waals surface area contributed by atoms with Gasteiger partial charge in [-0.2, -0.15) is 0 Å². The van der Waals surface area contributed by atoms with Crippen LogP contribution in [0.5, 0.6) is 0 Å². The number of hydrogen-bond acceptors (Lipinski definition) is 6. The molecule has 4 radical (unpaired) electrons. The lowest BCUT2D eigenvalue weighted by atomic mass is 9.55. The molecular formula is C30H37B2N5O2. The van der Waals surface area contributed by atoms with E-state index in [0.717, 1.165) is 53.1 Å². The Morgan fingerprint density at radius 3 is 2.46 bits per heavy atom. The van der Waals surface area contributed by atoms with Gasteiger partial charge in [0.2, 0.25) is 0 Å². The summed E-state index contributed by atoms with van der Waals surface area (Å²) in [6.07, 6.45) is 9.90. The van der Waals surface area contributed by atoms with Crippen molar-refractivity contribution in [3.63, 3.8) is 0 Å². The lowest BCUT2D eigenvalue weighted by Crippen LogP contribution is -2.53. The highest BCUT2D eigenvalue weighted by molar-refractivity contribution is 6.41. The number of nitrogens with zero attached hydrogens (tertiary/aromatic N) is 4. The average molecular weight is 521 g/mol. The predicted molar refractivity (Wildman–Crippen MR) is 160 cm³/mol. The van der Waals surface area contributed by atoms with Gasteiger partial charge in [-0.15, -0.1) is 0 Å². The molecule has 39 heavy (non-hydrogen) atoms. The second-order valence-corrected chi connectivity index (χ2v) is 10.2. The summed E-state index contributed by atoms with van der Waals surface area (Å²) in [6.45, 7) is 11.4. The summed E-state index contributed by atoms with van der Waals surface area (Å²) in [5, 5.41) is -1.29. The fraction of sp³-hybridized carbons (Fsp3) is 0.400. The highest BCUT2D eigenvalue weighted by Gasteiger charge is 2.38. The molecule has 2 N–H and O–H groups in total. The van der Waals surface area contributed by atoms with Crippen LogP contribution in [0.25, 0.3) is 17.3 Å². The molecule has 3 heterocycles. The summed E-state index contributed by atoms with van der Waals surface area (Å²) in [6, 6.07) is 3.38. The molecule has 1 aliphatic heterocycles. The number of carbonyl (C=O) groups is 1. The predicted octanol–water partition coefficient (Wildman–Crippen LogP) is 4.23. The Morgan fingerprint density at radius 1 is 1.18 bits per heavy atom. The number of fused-ring (bicyclic) bond motifs is 1. The van der Waals surface area contributed by atoms with Gasteiger partial charge in [0.1, 0.15) is 5.82 Å². The number of aromatic nitrogens is 3. The summed E-state index contributed by atoms with van der Waals surface area (Å²) < 4.78 is 1.50. The van der Waals surface area contributed by atoms with Gasteiger partial charge in [0, 0.05) is 59.3 Å². The van der Waals surface area contributed by atoms with Crippen LogP contribution >= 0.6 is 0 Å². The number of nitrogens with two attached hydrogens (primary N) is 1. The second kappa shape index (κ2) is 12.1. The van der Waals surface area contributed by atoms with Crippen LogP contribution in [0, 0.1) is 0 Å². The lowest BCUT2D eigenvalue weighted by molar-refractivity contribution is -0.111. The van der Waals surface area contributed by atoms with E-state index in [1.807, 2.05) is 24.0 Å². The number of Topliss-reactive ketones (excluding diaryl/α,β-unsaturated/α-hetero) is 1. The number of hydrogen-bond donors (Lipinski definition) is 1. The molecule has 1 aliphatic rings. The number of pyridine rings is 1. The summed E-state index contributed by atoms with van der Waals surface area (Å²) in [7, 11) is 15.4. The zero-order chi connectivity index (χ0) is 29.1. The van der Waals surface area contributed by atoms with Crippen LogP contribution in [-0.2, 0) is 18.3 Å². The van der Waals surface area contributed by atoms with Crippen LogP contribution in [-0.4, -0.2) is 46.2 Å². The molecule has 0 saturated carbocycles. The van der Waals surface area contributed by atoms with E-state index in [4.69, 9.17) is 26.4 Å². The van der Waals surface area contributed by atoms with Crippen molar-refractivity contribution in [1.82, 2.24) is 19.4 Å². The first kappa shape index (κ1) is 29.9. The minimum Gasteiger partial charge on any atom is -0.402 e. The molecule has 0 fully saturated rings. The topological polar surface area (TPSA) is 94.1 Å². The average Bonchev–Trinajstić information content (AvgIpc) is 2.86. The number of ketones is 1. The largest absolute Gasteiger partial charge is 0.402 e. The summed E-state index contributed by atoms with van der Waals surface area (Å²) in [4.78, 5) is 35.8. The Morgan fingerprint density at radius 2 is 1.87 bits per heavy atom. The van der Waals surface area contributed by atoms with Crippen molar-refractivity contribution in [3.8, 4) is 0 Å². The third-order valence-corrected chi connectivity index (χ3v) is 6.99. The van der Waals surface area contributed by atoms with Gasteiger partial charge in [0.15, 0.2) is 5.78 Å². The Kier molecular flexibility index (Phi) is 9.26. The highest BCUT2D eigenvalue weighted by Crippen LogP contribution is 2.42. The van der Waals surface area contributed by atoms with E-state index >= 15 is 0 Å². The van der Waals surface area contributed by atoms with Crippen molar-refractivity contribution in [2.45, 2.75) is 72.6 Å². The molecule has 200 valence electrons. The minimum absolute atomic E-state index is 0.127. The van der Waals surface area contributed by atoms with E-state index in [0.29, 0.717) is 22.7 Å². The minimum atomic E-state index is -1.29. The van der Waals surface area contributed by atoms with Gasteiger partial charge < -0.3 is 10.6 Å². The Labute approximate surface area is 234 Å². The maximum absolute atomic E-state index is 12.4. The standard InChI is InChI=1S/C30H37B2N5O2/c1-8-10-11-25-23-15-22(28(20(5)33)21(6)38)17-35-24(23)16-30(31,32)37(25)29(18(3)9-2)19(4)14-26-34-13-12-27(39)36(26)7/h11-15,17H,8-10,16,33H2,1-7H3/b19-14-,25-11-,28-20+,29-18-. The Bertz CT molecular complexity index is 1460. The highest BCUT2D eigenvalue weighted by atomic mass is 16.1. The van der Waals surface area contributed by atoms with E-state index in [1.54, 1.807) is 20.2 Å². The van der Waals surface area contributed by atoms with E-state index in [-0.39, 0.29) is 17.8 Å². The van der Waals surface area contributed by atoms with E-state index in [1.165, 1.54) is 23.8 Å². The van der Waals surface area contributed by atoms with Crippen LogP contribution < -0.4 is 11.3 Å². The molecule has 0 unspecified atom stereocenters. The molecule has 0 spiro atoms. The summed E-state index contributed by atoms with van der Waals surface area (Å²) in [5.74, 6) is 0.397. The normalized spacial score (nSPS) is 17.5. The van der Waals surface area contributed by atoms with Crippen molar-refractivity contribution < 1.29 is 4.79 Å². The molecule has 9 heteroatoms. The lowest BCUT2D eigenvalue weighted by Gasteiger charge is -2.49. The fourth-order valence-electron chi connectivity index (χ4n) is 4.96. The van der Waals surface area contributed by atoms with Crippen LogP contribution in [0.1, 0.15) is 83.5 Å². The smallest absolute Gasteiger partial charge is 0.253 e. The Balaban J connectivity index is 2.33. The molecular weight excluding hydrogens is 484 g/mol. The van der Waals surface area contributed by atoms with Crippen molar-refractivity contribution in [2.24, 2.45) is 12.8 Å². The number of rotatable bonds is 8. The van der Waals surface area contributed by atoms with Crippen molar-refractivity contribution in [1.29, 1.82) is 0 Å². The van der Waals surface area contributed by atoms with Gasteiger partial charge in [-0.05, 0) is 75.6 Å². The monoisotopic (exact) mass is 521 g/mol. The van der Waals surface area contributed by atoms with Crippen molar-refractivity contribution in [2.75, 3.05) is 0 Å². The Hall–Kier alpha value is -3.61. The van der Waals surface area contributed by atoms with Crippen LogP contribution in [0.2, 0.25) is 0 Å². The molecule has 0 bridgehead atoms. The SMILES string of the molecule is [B]C1([B])Cc2ncc(/C(C(C)=O)=C(\C)N)cc2/C(=C/CCC)N1C(/C(C)=C\c1nccc(=O)n1C)=C(/C)CC. The molecule has 2 aromatic heterocycles. The second-order valence-electron chi connectivity index (χ2n) is 10.2. The molecule has 2 aromatic rings. The summed E-state index contributed by atoms with van der Waals surface area (Å²) >= 11 is 0. The van der Waals surface area contributed by atoms with Gasteiger partial charge in [-0.3, -0.25) is 19.1 Å². The first-order chi connectivity index (χ1) is 18.3. The zero-order valence-electron chi connectivity index (χ0n) is 24.1. The molecule has 0 atom stereocenters. The maximum Gasteiger partial charge on any atom is 0.253 e. The number of allylic oxidation sites excluding steroid dienone is 5. The molecule has 0 saturated heterocycles. The quantitative estimate of drug-likeness (QED) is 0.318. The van der Waals surface area contributed by atoms with Crippen LogP contribution in [0.4, 0.5) is 0 Å². The van der Waals surface area contributed by atoms with E-state index in [2.05, 4.69) is 31.8 Å². The molecule has 7 nitrogen and oxygen atoms in total. The van der Waals surface area contributed by atoms with E-state index < -0.39 is 5.34 Å². The van der Waals surface area contributed by atoms with Gasteiger partial charge in [-0.1, -0.05) is 26.3 Å².